The minimum atomic E-state index is -0.352. The lowest BCUT2D eigenvalue weighted by molar-refractivity contribution is -0.129. The van der Waals surface area contributed by atoms with E-state index in [9.17, 15) is 9.59 Å². The summed E-state index contributed by atoms with van der Waals surface area (Å²) in [4.78, 5) is 27.7. The number of fused-ring (bicyclic) bond motifs is 7. The molecule has 0 radical (unpaired) electrons. The van der Waals surface area contributed by atoms with Gasteiger partial charge in [0.05, 0.1) is 20.3 Å². The lowest BCUT2D eigenvalue weighted by Gasteiger charge is -2.32. The van der Waals surface area contributed by atoms with E-state index in [-0.39, 0.29) is 17.7 Å². The maximum atomic E-state index is 13.5. The number of methoxy groups -OCH3 is 2. The van der Waals surface area contributed by atoms with Crippen LogP contribution in [-0.2, 0) is 11.3 Å². The van der Waals surface area contributed by atoms with Crippen LogP contribution in [-0.4, -0.2) is 36.9 Å². The van der Waals surface area contributed by atoms with Crippen molar-refractivity contribution in [1.82, 2.24) is 4.90 Å². The molecule has 2 heterocycles. The number of rotatable bonds is 2. The molecule has 1 saturated heterocycles. The first-order valence-corrected chi connectivity index (χ1v) is 9.89. The second-order valence-corrected chi connectivity index (χ2v) is 8.03. The number of carbonyl (C=O) groups excluding carboxylic acids is 2. The molecule has 0 aromatic heterocycles. The molecule has 0 spiro atoms. The molecule has 0 aliphatic carbocycles. The zero-order valence-electron chi connectivity index (χ0n) is 17.1. The van der Waals surface area contributed by atoms with E-state index in [0.717, 1.165) is 55.3 Å². The summed E-state index contributed by atoms with van der Waals surface area (Å²) < 4.78 is 11.1. The summed E-state index contributed by atoms with van der Waals surface area (Å²) in [6.07, 6.45) is 1.03. The Morgan fingerprint density at radius 2 is 1.45 bits per heavy atom. The highest BCUT2D eigenvalue weighted by Gasteiger charge is 2.42. The summed E-state index contributed by atoms with van der Waals surface area (Å²) in [6.45, 7) is 4.49. The Morgan fingerprint density at radius 3 is 2.07 bits per heavy atom. The van der Waals surface area contributed by atoms with Crippen molar-refractivity contribution in [1.29, 1.82) is 0 Å². The van der Waals surface area contributed by atoms with Gasteiger partial charge in [-0.05, 0) is 82.8 Å². The number of ketones is 1. The molecule has 148 valence electrons. The average molecular weight is 389 g/mol. The fourth-order valence-electron chi connectivity index (χ4n) is 5.00. The Labute approximate surface area is 169 Å². The molecule has 5 heteroatoms. The zero-order valence-corrected chi connectivity index (χ0v) is 17.1. The van der Waals surface area contributed by atoms with Gasteiger partial charge in [0.1, 0.15) is 11.5 Å². The van der Waals surface area contributed by atoms with Crippen molar-refractivity contribution in [3.8, 4) is 11.5 Å². The maximum Gasteiger partial charge on any atom is 0.223 e. The van der Waals surface area contributed by atoms with Crippen LogP contribution >= 0.6 is 0 Å². The predicted molar refractivity (Wildman–Crippen MR) is 112 cm³/mol. The van der Waals surface area contributed by atoms with Gasteiger partial charge >= 0.3 is 0 Å². The number of Topliss-reactive ketones (excluding diaryl/α,β-unsaturated/α-hetero) is 1. The Kier molecular flexibility index (Phi) is 3.85. The van der Waals surface area contributed by atoms with E-state index in [0.29, 0.717) is 19.4 Å². The molecular weight excluding hydrogens is 366 g/mol. The van der Waals surface area contributed by atoms with E-state index in [1.54, 1.807) is 19.1 Å². The first-order chi connectivity index (χ1) is 13.9. The number of amides is 1. The number of benzene rings is 3. The van der Waals surface area contributed by atoms with Crippen LogP contribution in [0.1, 0.15) is 39.9 Å². The van der Waals surface area contributed by atoms with Crippen molar-refractivity contribution in [2.24, 2.45) is 0 Å². The van der Waals surface area contributed by atoms with E-state index < -0.39 is 0 Å². The highest BCUT2D eigenvalue weighted by Crippen LogP contribution is 2.43. The number of hydrogen-bond acceptors (Lipinski definition) is 4. The highest BCUT2D eigenvalue weighted by atomic mass is 16.5. The molecule has 0 N–H and O–H groups in total. The quantitative estimate of drug-likeness (QED) is 0.613. The Bertz CT molecular complexity index is 1230. The largest absolute Gasteiger partial charge is 0.496 e. The Morgan fingerprint density at radius 1 is 0.862 bits per heavy atom. The van der Waals surface area contributed by atoms with Gasteiger partial charge in [0.25, 0.3) is 0 Å². The highest BCUT2D eigenvalue weighted by molar-refractivity contribution is 6.22. The summed E-state index contributed by atoms with van der Waals surface area (Å²) in [6, 6.07) is 7.85. The van der Waals surface area contributed by atoms with Crippen LogP contribution in [0.25, 0.3) is 21.5 Å². The lowest BCUT2D eigenvalue weighted by Crippen LogP contribution is -2.42. The van der Waals surface area contributed by atoms with Gasteiger partial charge in [0.15, 0.2) is 5.78 Å². The standard InChI is InChI=1S/C24H23NO4/c1-12-7-14-15-8-13(2)21(29-4)10-17(15)23-18(16(14)9-20(12)28-3)11-25-19(24(23)27)5-6-22(25)26/h7-10,19H,5-6,11H2,1-4H3. The molecule has 1 unspecified atom stereocenters. The average Bonchev–Trinajstić information content (AvgIpc) is 3.08. The first kappa shape index (κ1) is 18.0. The van der Waals surface area contributed by atoms with Crippen LogP contribution < -0.4 is 9.47 Å². The van der Waals surface area contributed by atoms with E-state index in [1.807, 2.05) is 26.0 Å². The monoisotopic (exact) mass is 389 g/mol. The molecule has 2 aliphatic heterocycles. The van der Waals surface area contributed by atoms with Gasteiger partial charge in [-0.2, -0.15) is 0 Å². The molecule has 29 heavy (non-hydrogen) atoms. The van der Waals surface area contributed by atoms with Gasteiger partial charge in [-0.15, -0.1) is 0 Å². The third kappa shape index (κ3) is 2.40. The van der Waals surface area contributed by atoms with E-state index in [1.165, 1.54) is 0 Å². The summed E-state index contributed by atoms with van der Waals surface area (Å²) in [5.74, 6) is 1.64. The summed E-state index contributed by atoms with van der Waals surface area (Å²) in [5, 5.41) is 3.99. The minimum Gasteiger partial charge on any atom is -0.496 e. The third-order valence-electron chi connectivity index (χ3n) is 6.46. The van der Waals surface area contributed by atoms with Gasteiger partial charge in [0, 0.05) is 18.5 Å². The molecular formula is C24H23NO4. The van der Waals surface area contributed by atoms with Gasteiger partial charge in [-0.25, -0.2) is 0 Å². The molecule has 0 saturated carbocycles. The van der Waals surface area contributed by atoms with E-state index in [2.05, 4.69) is 12.1 Å². The second-order valence-electron chi connectivity index (χ2n) is 8.03. The van der Waals surface area contributed by atoms with E-state index in [4.69, 9.17) is 9.47 Å². The molecule has 3 aromatic carbocycles. The lowest BCUT2D eigenvalue weighted by atomic mass is 9.83. The Hall–Kier alpha value is -3.08. The van der Waals surface area contributed by atoms with Crippen molar-refractivity contribution in [3.63, 3.8) is 0 Å². The van der Waals surface area contributed by atoms with Crippen LogP contribution in [0.15, 0.2) is 24.3 Å². The van der Waals surface area contributed by atoms with Crippen molar-refractivity contribution >= 4 is 33.2 Å². The van der Waals surface area contributed by atoms with E-state index >= 15 is 0 Å². The number of carbonyl (C=O) groups is 2. The molecule has 1 amide bonds. The predicted octanol–water partition coefficient (Wildman–Crippen LogP) is 4.31. The van der Waals surface area contributed by atoms with Crippen LogP contribution in [0.3, 0.4) is 0 Å². The topological polar surface area (TPSA) is 55.8 Å². The molecule has 5 nitrogen and oxygen atoms in total. The molecule has 1 fully saturated rings. The van der Waals surface area contributed by atoms with Crippen LogP contribution in [0.4, 0.5) is 0 Å². The Balaban J connectivity index is 1.96. The first-order valence-electron chi connectivity index (χ1n) is 9.89. The molecule has 3 aromatic rings. The zero-order chi connectivity index (χ0) is 20.4. The third-order valence-corrected chi connectivity index (χ3v) is 6.46. The van der Waals surface area contributed by atoms with Gasteiger partial charge in [-0.3, -0.25) is 9.59 Å². The SMILES string of the molecule is COc1cc2c3c(c4cc(OC)c(C)cc4c2cc1C)C(=O)C1CCC(=O)N1C3. The summed E-state index contributed by atoms with van der Waals surface area (Å²) in [5.41, 5.74) is 3.70. The van der Waals surface area contributed by atoms with Gasteiger partial charge in [0.2, 0.25) is 5.91 Å². The number of ether oxygens (including phenoxy) is 2. The molecule has 5 rings (SSSR count). The fourth-order valence-corrected chi connectivity index (χ4v) is 5.00. The smallest absolute Gasteiger partial charge is 0.223 e. The van der Waals surface area contributed by atoms with Crippen LogP contribution in [0.2, 0.25) is 0 Å². The molecule has 1 atom stereocenters. The molecule has 0 bridgehead atoms. The second kappa shape index (κ2) is 6.21. The molecule has 2 aliphatic rings. The van der Waals surface area contributed by atoms with Gasteiger partial charge < -0.3 is 14.4 Å². The number of hydrogen-bond donors (Lipinski definition) is 0. The minimum absolute atomic E-state index is 0.0365. The van der Waals surface area contributed by atoms with Crippen molar-refractivity contribution in [2.45, 2.75) is 39.3 Å². The van der Waals surface area contributed by atoms with Crippen molar-refractivity contribution in [3.05, 3.63) is 46.5 Å². The van der Waals surface area contributed by atoms with Gasteiger partial charge in [-0.1, -0.05) is 0 Å². The fraction of sp³-hybridized carbons (Fsp3) is 0.333. The number of aryl methyl sites for hydroxylation is 2. The summed E-state index contributed by atoms with van der Waals surface area (Å²) in [7, 11) is 3.30. The van der Waals surface area contributed by atoms with Crippen molar-refractivity contribution < 1.29 is 19.1 Å². The number of nitrogens with zero attached hydrogens (tertiary/aromatic N) is 1. The van der Waals surface area contributed by atoms with Crippen molar-refractivity contribution in [2.75, 3.05) is 14.2 Å². The maximum absolute atomic E-state index is 13.5. The van der Waals surface area contributed by atoms with Crippen LogP contribution in [0, 0.1) is 13.8 Å². The van der Waals surface area contributed by atoms with Crippen LogP contribution in [0.5, 0.6) is 11.5 Å². The summed E-state index contributed by atoms with van der Waals surface area (Å²) >= 11 is 0. The normalized spacial score (nSPS) is 18.3.